The molecule has 0 aromatic heterocycles. The zero-order chi connectivity index (χ0) is 7.15. The van der Waals surface area contributed by atoms with Gasteiger partial charge in [0.2, 0.25) is 0 Å². The zero-order valence-electron chi connectivity index (χ0n) is 3.35. The molecule has 0 aromatic rings. The van der Waals surface area contributed by atoms with E-state index in [2.05, 4.69) is 0 Å². The van der Waals surface area contributed by atoms with Gasteiger partial charge in [-0.25, -0.2) is 0 Å². The molecule has 0 saturated carbocycles. The largest absolute Gasteiger partial charge is 0.503 e. The van der Waals surface area contributed by atoms with Crippen LogP contribution in [0.2, 0.25) is 0 Å². The first kappa shape index (κ1) is 11.2. The van der Waals surface area contributed by atoms with E-state index in [1.54, 1.807) is 0 Å². The van der Waals surface area contributed by atoms with Crippen molar-refractivity contribution in [2.45, 2.75) is 6.68 Å². The summed E-state index contributed by atoms with van der Waals surface area (Å²) in [7, 11) is 0. The summed E-state index contributed by atoms with van der Waals surface area (Å²) in [4.78, 5) is 0. The third-order valence-electron chi connectivity index (χ3n) is 0. The third-order valence-corrected chi connectivity index (χ3v) is 0. The number of hydrogen-bond donors (Lipinski definition) is 1. The fourth-order valence-corrected chi connectivity index (χ4v) is 0. The third kappa shape index (κ3) is 1170. The molecule has 0 aromatic carbocycles. The highest BCUT2D eigenvalue weighted by Crippen LogP contribution is 1.87. The van der Waals surface area contributed by atoms with Gasteiger partial charge in [-0.15, -0.1) is 0 Å². The lowest BCUT2D eigenvalue weighted by Gasteiger charge is -1.67. The molecule has 0 saturated heterocycles. The highest BCUT2D eigenvalue weighted by Gasteiger charge is 1.89. The molecule has 52 valence electrons. The average Bonchev–Trinajstić information content (AvgIpc) is 1.25. The van der Waals surface area contributed by atoms with Crippen LogP contribution in [0.5, 0.6) is 0 Å². The first-order valence-corrected chi connectivity index (χ1v) is 3.86. The predicted octanol–water partition coefficient (Wildman–Crippen LogP) is -4.75. The van der Waals surface area contributed by atoms with Crippen molar-refractivity contribution in [3.63, 3.8) is 0 Å². The van der Waals surface area contributed by atoms with E-state index in [1.807, 2.05) is 0 Å². The van der Waals surface area contributed by atoms with Crippen molar-refractivity contribution >= 4 is 0 Å². The van der Waals surface area contributed by atoms with E-state index in [-0.39, 0.29) is 0 Å². The minimum Gasteiger partial charge on any atom is -0.396 e. The van der Waals surface area contributed by atoms with Crippen LogP contribution in [-0.4, -0.2) is 10.1 Å². The minimum absolute atomic E-state index is 3.67. The lowest BCUT2D eigenvalue weighted by molar-refractivity contribution is -1.63. The molecule has 0 rings (SSSR count). The second kappa shape index (κ2) is 7.40. The average molecular weight is 246 g/mol. The highest BCUT2D eigenvalue weighted by molar-refractivity contribution is 3.83. The molecule has 0 unspecified atom stereocenters. The summed E-state index contributed by atoms with van der Waals surface area (Å²) in [6.45, 7) is -3.67. The van der Waals surface area contributed by atoms with Crippen LogP contribution in [0.25, 0.3) is 0 Å². The SMILES string of the molecule is FC(F)F.[O-][I+2]([O-])O. The van der Waals surface area contributed by atoms with Gasteiger partial charge in [-0.3, -0.25) is 0 Å². The molecule has 3 nitrogen and oxygen atoms in total. The van der Waals surface area contributed by atoms with Gasteiger partial charge in [-0.05, 0) is 3.44 Å². The summed E-state index contributed by atoms with van der Waals surface area (Å²) < 4.78 is 53.5. The molecule has 1 N–H and O–H groups in total. The zero-order valence-corrected chi connectivity index (χ0v) is 5.51. The van der Waals surface area contributed by atoms with Gasteiger partial charge in [0.25, 0.3) is 0 Å². The van der Waals surface area contributed by atoms with Crippen LogP contribution in [-0.2, 0) is 0 Å². The Bertz CT molecular complexity index is 30.0. The molecular formula is CH2F3IO3. The summed E-state index contributed by atoms with van der Waals surface area (Å²) in [5, 5.41) is 0. The van der Waals surface area contributed by atoms with Crippen molar-refractivity contribution < 1.29 is 44.5 Å². The van der Waals surface area contributed by atoms with E-state index in [0.29, 0.717) is 0 Å². The van der Waals surface area contributed by atoms with Crippen LogP contribution in [0.1, 0.15) is 0 Å². The quantitative estimate of drug-likeness (QED) is 0.436. The van der Waals surface area contributed by atoms with E-state index in [4.69, 9.17) is 10.3 Å². The van der Waals surface area contributed by atoms with Gasteiger partial charge in [0.05, 0.1) is 0 Å². The monoisotopic (exact) mass is 246 g/mol. The van der Waals surface area contributed by atoms with Crippen LogP contribution >= 0.6 is 0 Å². The fraction of sp³-hybridized carbons (Fsp3) is 1.00. The summed E-state index contributed by atoms with van der Waals surface area (Å²) >= 11 is -3.76. The van der Waals surface area contributed by atoms with Gasteiger partial charge in [-0.1, -0.05) is 0 Å². The Morgan fingerprint density at radius 1 is 1.25 bits per heavy atom. The van der Waals surface area contributed by atoms with Gasteiger partial charge in [-0.2, -0.15) is 13.2 Å². The standard InChI is InChI=1S/CHF3.HIO3/c2*2-1(3)4/h1H;2H. The topological polar surface area (TPSA) is 66.3 Å². The van der Waals surface area contributed by atoms with E-state index in [0.717, 1.165) is 0 Å². The lowest BCUT2D eigenvalue weighted by atomic mass is 11.6. The van der Waals surface area contributed by atoms with Crippen molar-refractivity contribution in [1.29, 1.82) is 0 Å². The molecule has 0 aliphatic heterocycles. The van der Waals surface area contributed by atoms with Crippen LogP contribution in [0, 0.1) is 0 Å². The maximum absolute atomic E-state index is 9.67. The Morgan fingerprint density at radius 2 is 1.25 bits per heavy atom. The molecule has 0 amide bonds. The molecule has 0 atom stereocenters. The van der Waals surface area contributed by atoms with Gasteiger partial charge < -0.3 is 6.87 Å². The summed E-state index contributed by atoms with van der Waals surface area (Å²) in [5.41, 5.74) is 0. The van der Waals surface area contributed by atoms with Gasteiger partial charge >= 0.3 is 27.7 Å². The summed E-state index contributed by atoms with van der Waals surface area (Å²) in [6.07, 6.45) is 0. The van der Waals surface area contributed by atoms with Gasteiger partial charge in [0.1, 0.15) is 0 Å². The van der Waals surface area contributed by atoms with Crippen LogP contribution < -0.4 is 27.9 Å². The van der Waals surface area contributed by atoms with Crippen molar-refractivity contribution in [2.75, 3.05) is 0 Å². The molecule has 0 radical (unpaired) electrons. The summed E-state index contributed by atoms with van der Waals surface area (Å²) in [5.74, 6) is 0. The Balaban J connectivity index is 0. The van der Waals surface area contributed by atoms with Gasteiger partial charge in [0.15, 0.2) is 0 Å². The minimum atomic E-state index is -3.76. The Labute approximate surface area is 51.8 Å². The molecule has 0 spiro atoms. The molecule has 0 aliphatic carbocycles. The molecular weight excluding hydrogens is 244 g/mol. The lowest BCUT2D eigenvalue weighted by Crippen LogP contribution is -3.98. The molecule has 0 fully saturated rings. The van der Waals surface area contributed by atoms with Crippen molar-refractivity contribution in [3.8, 4) is 0 Å². The number of halogens is 4. The van der Waals surface area contributed by atoms with Crippen molar-refractivity contribution in [2.24, 2.45) is 0 Å². The Morgan fingerprint density at radius 3 is 1.25 bits per heavy atom. The number of alkyl halides is 3. The van der Waals surface area contributed by atoms with Crippen LogP contribution in [0.15, 0.2) is 0 Å². The van der Waals surface area contributed by atoms with Crippen LogP contribution in [0.4, 0.5) is 13.2 Å². The van der Waals surface area contributed by atoms with E-state index in [1.165, 1.54) is 0 Å². The van der Waals surface area contributed by atoms with E-state index >= 15 is 0 Å². The normalized spacial score (nSPS) is 9.00. The molecule has 0 aliphatic rings. The summed E-state index contributed by atoms with van der Waals surface area (Å²) in [6, 6.07) is 0. The Kier molecular flexibility index (Phi) is 10.4. The molecule has 0 heterocycles. The fourth-order valence-electron chi connectivity index (χ4n) is 0. The van der Waals surface area contributed by atoms with Gasteiger partial charge in [0, 0.05) is 0 Å². The first-order chi connectivity index (χ1) is 3.46. The number of hydrogen-bond acceptors (Lipinski definition) is 3. The Hall–Kier alpha value is 0.400. The number of rotatable bonds is 0. The molecule has 8 heavy (non-hydrogen) atoms. The van der Waals surface area contributed by atoms with Crippen LogP contribution in [0.3, 0.4) is 0 Å². The van der Waals surface area contributed by atoms with E-state index < -0.39 is 27.7 Å². The maximum Gasteiger partial charge on any atom is 0.503 e. The smallest absolute Gasteiger partial charge is 0.396 e. The second-order valence-electron chi connectivity index (χ2n) is 0.448. The highest BCUT2D eigenvalue weighted by atomic mass is 127. The second-order valence-corrected chi connectivity index (χ2v) is 1.60. The van der Waals surface area contributed by atoms with Crippen molar-refractivity contribution in [3.05, 3.63) is 0 Å². The first-order valence-electron chi connectivity index (χ1n) is 1.13. The maximum atomic E-state index is 9.67. The van der Waals surface area contributed by atoms with Crippen molar-refractivity contribution in [1.82, 2.24) is 0 Å². The molecule has 0 bridgehead atoms. The predicted molar refractivity (Wildman–Crippen MR) is 9.33 cm³/mol. The van der Waals surface area contributed by atoms with E-state index in [9.17, 15) is 13.2 Å². The molecule has 7 heteroatoms.